The molecule has 0 spiro atoms. The zero-order chi connectivity index (χ0) is 18.5. The fraction of sp³-hybridized carbons (Fsp3) is 0.316. The highest BCUT2D eigenvalue weighted by atomic mass is 16.5. The predicted molar refractivity (Wildman–Crippen MR) is 103 cm³/mol. The smallest absolute Gasteiger partial charge is 0.345 e. The monoisotopic (exact) mass is 353 g/mol. The van der Waals surface area contributed by atoms with Crippen molar-refractivity contribution >= 4 is 24.1 Å². The van der Waals surface area contributed by atoms with Gasteiger partial charge in [-0.1, -0.05) is 0 Å². The van der Waals surface area contributed by atoms with Gasteiger partial charge in [0.1, 0.15) is 5.75 Å². The first kappa shape index (κ1) is 17.7. The highest BCUT2D eigenvalue weighted by molar-refractivity contribution is 5.92. The number of hydrogen-bond acceptors (Lipinski definition) is 5. The molecule has 2 amide bonds. The Kier molecular flexibility index (Phi) is 5.36. The molecule has 1 aromatic heterocycles. The van der Waals surface area contributed by atoms with E-state index in [1.807, 2.05) is 37.3 Å². The maximum Gasteiger partial charge on any atom is 0.345 e. The summed E-state index contributed by atoms with van der Waals surface area (Å²) in [5, 5.41) is 5.24. The summed E-state index contributed by atoms with van der Waals surface area (Å²) in [6, 6.07) is 11.4. The summed E-state index contributed by atoms with van der Waals surface area (Å²) < 4.78 is 5.20. The maximum atomic E-state index is 12.9. The molecule has 0 atom stereocenters. The van der Waals surface area contributed by atoms with Crippen molar-refractivity contribution in [3.8, 4) is 5.75 Å². The van der Waals surface area contributed by atoms with Crippen molar-refractivity contribution in [2.75, 3.05) is 43.2 Å². The van der Waals surface area contributed by atoms with E-state index in [1.54, 1.807) is 24.3 Å². The Balaban J connectivity index is 1.65. The minimum absolute atomic E-state index is 0.175. The van der Waals surface area contributed by atoms with Crippen LogP contribution in [-0.4, -0.2) is 55.9 Å². The minimum Gasteiger partial charge on any atom is -0.497 e. The van der Waals surface area contributed by atoms with Crippen LogP contribution in [0.5, 0.6) is 5.75 Å². The second-order valence-electron chi connectivity index (χ2n) is 6.02. The lowest BCUT2D eigenvalue weighted by atomic mass is 10.2. The average Bonchev–Trinajstić information content (AvgIpc) is 2.70. The van der Waals surface area contributed by atoms with E-state index in [0.717, 1.165) is 30.2 Å². The quantitative estimate of drug-likeness (QED) is 0.626. The van der Waals surface area contributed by atoms with Crippen LogP contribution >= 0.6 is 0 Å². The summed E-state index contributed by atoms with van der Waals surface area (Å²) in [6.45, 7) is 8.16. The van der Waals surface area contributed by atoms with Crippen molar-refractivity contribution in [1.29, 1.82) is 0 Å². The van der Waals surface area contributed by atoms with E-state index in [0.29, 0.717) is 18.8 Å². The van der Waals surface area contributed by atoms with Gasteiger partial charge in [-0.05, 0) is 43.3 Å². The number of carbonyl (C=O) groups is 1. The first-order chi connectivity index (χ1) is 12.6. The molecule has 0 unspecified atom stereocenters. The van der Waals surface area contributed by atoms with Gasteiger partial charge < -0.3 is 14.5 Å². The van der Waals surface area contributed by atoms with E-state index in [9.17, 15) is 4.79 Å². The van der Waals surface area contributed by atoms with E-state index in [1.165, 1.54) is 5.01 Å². The van der Waals surface area contributed by atoms with Crippen molar-refractivity contribution in [2.24, 2.45) is 5.10 Å². The largest absolute Gasteiger partial charge is 0.497 e. The number of pyridine rings is 1. The standard InChI is InChI=1S/C19H23N5O2/c1-15-18(5-4-10-21-15)24(20-2)19(25)23-13-11-22(12-14-23)16-6-8-17(26-3)9-7-16/h4-10H,2,11-14H2,1,3H3. The minimum atomic E-state index is -0.175. The van der Waals surface area contributed by atoms with Gasteiger partial charge in [-0.3, -0.25) is 4.98 Å². The average molecular weight is 353 g/mol. The zero-order valence-electron chi connectivity index (χ0n) is 15.1. The molecule has 7 nitrogen and oxygen atoms in total. The van der Waals surface area contributed by atoms with Gasteiger partial charge in [0, 0.05) is 44.8 Å². The van der Waals surface area contributed by atoms with Gasteiger partial charge in [-0.15, -0.1) is 0 Å². The summed E-state index contributed by atoms with van der Waals surface area (Å²) in [5.74, 6) is 0.835. The van der Waals surface area contributed by atoms with Gasteiger partial charge >= 0.3 is 6.03 Å². The van der Waals surface area contributed by atoms with Crippen LogP contribution in [-0.2, 0) is 0 Å². The van der Waals surface area contributed by atoms with Gasteiger partial charge in [0.15, 0.2) is 0 Å². The molecule has 0 aliphatic carbocycles. The Hall–Kier alpha value is -3.09. The molecule has 0 radical (unpaired) electrons. The Labute approximate surface area is 153 Å². The van der Waals surface area contributed by atoms with E-state index >= 15 is 0 Å². The molecule has 0 N–H and O–H groups in total. The molecule has 7 heteroatoms. The number of ether oxygens (including phenoxy) is 1. The number of piperazine rings is 1. The van der Waals surface area contributed by atoms with Gasteiger partial charge in [-0.25, -0.2) is 4.79 Å². The molecule has 1 fully saturated rings. The van der Waals surface area contributed by atoms with Gasteiger partial charge in [-0.2, -0.15) is 10.1 Å². The second kappa shape index (κ2) is 7.86. The first-order valence-corrected chi connectivity index (χ1v) is 8.50. The van der Waals surface area contributed by atoms with Crippen LogP contribution in [0.1, 0.15) is 5.69 Å². The molecule has 1 saturated heterocycles. The van der Waals surface area contributed by atoms with Crippen LogP contribution < -0.4 is 14.6 Å². The van der Waals surface area contributed by atoms with Gasteiger partial charge in [0.25, 0.3) is 0 Å². The molecule has 3 rings (SSSR count). The van der Waals surface area contributed by atoms with E-state index in [2.05, 4.69) is 21.7 Å². The molecule has 2 aromatic rings. The van der Waals surface area contributed by atoms with Crippen molar-refractivity contribution in [2.45, 2.75) is 6.92 Å². The Morgan fingerprint density at radius 3 is 2.46 bits per heavy atom. The van der Waals surface area contributed by atoms with Crippen LogP contribution in [0.25, 0.3) is 0 Å². The molecular weight excluding hydrogens is 330 g/mol. The molecule has 0 saturated carbocycles. The van der Waals surface area contributed by atoms with Crippen LogP contribution in [0.4, 0.5) is 16.2 Å². The second-order valence-corrected chi connectivity index (χ2v) is 6.02. The van der Waals surface area contributed by atoms with Gasteiger partial charge in [0.2, 0.25) is 0 Å². The van der Waals surface area contributed by atoms with E-state index in [4.69, 9.17) is 4.74 Å². The number of rotatable bonds is 4. The number of hydrogen-bond donors (Lipinski definition) is 0. The summed E-state index contributed by atoms with van der Waals surface area (Å²) in [7, 11) is 1.66. The lowest BCUT2D eigenvalue weighted by molar-refractivity contribution is 0.201. The van der Waals surface area contributed by atoms with Crippen molar-refractivity contribution in [3.05, 3.63) is 48.3 Å². The molecule has 1 aliphatic heterocycles. The number of benzene rings is 1. The first-order valence-electron chi connectivity index (χ1n) is 8.50. The van der Waals surface area contributed by atoms with E-state index < -0.39 is 0 Å². The van der Waals surface area contributed by atoms with Crippen LogP contribution in [0.2, 0.25) is 0 Å². The summed E-state index contributed by atoms with van der Waals surface area (Å²) >= 11 is 0. The highest BCUT2D eigenvalue weighted by Gasteiger charge is 2.27. The molecule has 0 bridgehead atoms. The number of aromatic nitrogens is 1. The number of carbonyl (C=O) groups excluding carboxylic acids is 1. The Morgan fingerprint density at radius 2 is 1.88 bits per heavy atom. The molecule has 1 aromatic carbocycles. The molecule has 1 aliphatic rings. The predicted octanol–water partition coefficient (Wildman–Crippen LogP) is 2.76. The zero-order valence-corrected chi connectivity index (χ0v) is 15.1. The fourth-order valence-electron chi connectivity index (χ4n) is 3.02. The number of aryl methyl sites for hydroxylation is 1. The lowest BCUT2D eigenvalue weighted by Crippen LogP contribution is -2.52. The van der Waals surface area contributed by atoms with Crippen LogP contribution in [0.15, 0.2) is 47.7 Å². The summed E-state index contributed by atoms with van der Waals surface area (Å²) in [6.07, 6.45) is 1.69. The Bertz CT molecular complexity index is 770. The van der Waals surface area contributed by atoms with Crippen molar-refractivity contribution in [1.82, 2.24) is 9.88 Å². The highest BCUT2D eigenvalue weighted by Crippen LogP contribution is 2.23. The summed E-state index contributed by atoms with van der Waals surface area (Å²) in [4.78, 5) is 21.1. The third-order valence-corrected chi connectivity index (χ3v) is 4.52. The van der Waals surface area contributed by atoms with Gasteiger partial charge in [0.05, 0.1) is 18.5 Å². The summed E-state index contributed by atoms with van der Waals surface area (Å²) in [5.41, 5.74) is 2.52. The third kappa shape index (κ3) is 3.61. The van der Waals surface area contributed by atoms with E-state index in [-0.39, 0.29) is 6.03 Å². The number of anilines is 2. The SMILES string of the molecule is C=NN(C(=O)N1CCN(c2ccc(OC)cc2)CC1)c1cccnc1C. The third-order valence-electron chi connectivity index (χ3n) is 4.52. The molecule has 2 heterocycles. The molecular formula is C19H23N5O2. The Morgan fingerprint density at radius 1 is 1.19 bits per heavy atom. The topological polar surface area (TPSA) is 61.3 Å². The van der Waals surface area contributed by atoms with Crippen molar-refractivity contribution in [3.63, 3.8) is 0 Å². The number of nitrogens with zero attached hydrogens (tertiary/aromatic N) is 5. The molecule has 26 heavy (non-hydrogen) atoms. The van der Waals surface area contributed by atoms with Crippen LogP contribution in [0.3, 0.4) is 0 Å². The number of methoxy groups -OCH3 is 1. The fourth-order valence-corrected chi connectivity index (χ4v) is 3.02. The van der Waals surface area contributed by atoms with Crippen molar-refractivity contribution < 1.29 is 9.53 Å². The molecule has 136 valence electrons. The maximum absolute atomic E-state index is 12.9. The number of urea groups is 1. The number of hydrazone groups is 1. The number of amides is 2. The van der Waals surface area contributed by atoms with Crippen LogP contribution in [0, 0.1) is 6.92 Å². The lowest BCUT2D eigenvalue weighted by Gasteiger charge is -2.37. The normalized spacial score (nSPS) is 14.1.